The molecule has 1 aliphatic carbocycles. The maximum atomic E-state index is 11.9. The van der Waals surface area contributed by atoms with E-state index >= 15 is 0 Å². The molecule has 0 aromatic carbocycles. The van der Waals surface area contributed by atoms with E-state index in [9.17, 15) is 19.8 Å². The molecule has 0 saturated heterocycles. The molecule has 0 heterocycles. The molecular weight excluding hydrogens is 476 g/mol. The monoisotopic (exact) mass is 533 g/mol. The molecular formula is C28H57N2O4Ti. The van der Waals surface area contributed by atoms with Gasteiger partial charge in [0, 0.05) is 18.4 Å². The number of hydrogen-bond donors (Lipinski definition) is 1. The zero-order valence-corrected chi connectivity index (χ0v) is 26.6. The third-order valence-electron chi connectivity index (χ3n) is 5.94. The maximum Gasteiger partial charge on any atom is 3.00 e. The SMILES string of the molecule is CC(C)[O-].CC(C)[O-].CCCC(=O)NC1CCCC(C(C)(C)C)(C(C)(C)C)C1.CCCC([NH-])=O.[Ti+3]. The molecule has 0 aliphatic heterocycles. The van der Waals surface area contributed by atoms with Gasteiger partial charge in [-0.05, 0) is 48.3 Å². The fourth-order valence-corrected chi connectivity index (χ4v) is 4.64. The number of nitrogens with one attached hydrogen (secondary N) is 2. The van der Waals surface area contributed by atoms with Gasteiger partial charge in [-0.15, -0.1) is 12.2 Å². The van der Waals surface area contributed by atoms with Crippen molar-refractivity contribution in [3.63, 3.8) is 0 Å². The summed E-state index contributed by atoms with van der Waals surface area (Å²) in [6.07, 6.45) is 6.73. The van der Waals surface area contributed by atoms with E-state index in [1.54, 1.807) is 27.7 Å². The topological polar surface area (TPSA) is 116 Å². The third kappa shape index (κ3) is 21.4. The van der Waals surface area contributed by atoms with Gasteiger partial charge in [-0.3, -0.25) is 4.79 Å². The van der Waals surface area contributed by atoms with Crippen molar-refractivity contribution < 1.29 is 41.5 Å². The van der Waals surface area contributed by atoms with E-state index in [1.165, 1.54) is 12.8 Å². The number of carbonyl (C=O) groups is 2. The summed E-state index contributed by atoms with van der Waals surface area (Å²) in [5.74, 6) is -0.228. The van der Waals surface area contributed by atoms with Crippen LogP contribution in [0.15, 0.2) is 0 Å². The molecule has 1 saturated carbocycles. The normalized spacial score (nSPS) is 16.9. The van der Waals surface area contributed by atoms with Gasteiger partial charge in [0.2, 0.25) is 5.91 Å². The molecule has 1 unspecified atom stereocenters. The molecule has 0 spiro atoms. The Bertz CT molecular complexity index is 513. The van der Waals surface area contributed by atoms with Crippen LogP contribution in [0.25, 0.3) is 5.73 Å². The van der Waals surface area contributed by atoms with E-state index in [2.05, 4.69) is 53.8 Å². The summed E-state index contributed by atoms with van der Waals surface area (Å²) in [6.45, 7) is 24.6. The number of carbonyl (C=O) groups excluding carboxylic acids is 2. The van der Waals surface area contributed by atoms with Crippen molar-refractivity contribution >= 4 is 11.8 Å². The van der Waals surface area contributed by atoms with E-state index < -0.39 is 18.1 Å². The molecule has 2 N–H and O–H groups in total. The smallest absolute Gasteiger partial charge is 0.852 e. The zero-order valence-electron chi connectivity index (χ0n) is 25.0. The average Bonchev–Trinajstić information content (AvgIpc) is 2.59. The molecule has 0 aromatic heterocycles. The van der Waals surface area contributed by atoms with Crippen LogP contribution in [0.4, 0.5) is 0 Å². The van der Waals surface area contributed by atoms with Crippen LogP contribution in [0, 0.1) is 16.2 Å². The molecule has 1 fully saturated rings. The summed E-state index contributed by atoms with van der Waals surface area (Å²) in [7, 11) is 0. The molecule has 207 valence electrons. The van der Waals surface area contributed by atoms with Gasteiger partial charge in [0.05, 0.1) is 0 Å². The summed E-state index contributed by atoms with van der Waals surface area (Å²) < 4.78 is 0. The van der Waals surface area contributed by atoms with Crippen LogP contribution < -0.4 is 15.5 Å². The van der Waals surface area contributed by atoms with Crippen molar-refractivity contribution in [3.8, 4) is 0 Å². The van der Waals surface area contributed by atoms with Crippen LogP contribution in [-0.2, 0) is 31.3 Å². The van der Waals surface area contributed by atoms with Gasteiger partial charge < -0.3 is 26.1 Å². The summed E-state index contributed by atoms with van der Waals surface area (Å²) in [5.41, 5.74) is 7.16. The van der Waals surface area contributed by atoms with Crippen molar-refractivity contribution in [2.24, 2.45) is 16.2 Å². The van der Waals surface area contributed by atoms with E-state index in [1.807, 2.05) is 6.92 Å². The van der Waals surface area contributed by atoms with Crippen LogP contribution in [0.2, 0.25) is 0 Å². The van der Waals surface area contributed by atoms with E-state index in [0.717, 1.165) is 25.7 Å². The first-order valence-corrected chi connectivity index (χ1v) is 13.1. The molecule has 1 atom stereocenters. The van der Waals surface area contributed by atoms with Gasteiger partial charge in [0.1, 0.15) is 0 Å². The molecule has 1 radical (unpaired) electrons. The minimum Gasteiger partial charge on any atom is -0.852 e. The Labute approximate surface area is 232 Å². The first kappa shape index (κ1) is 41.7. The van der Waals surface area contributed by atoms with Gasteiger partial charge in [0.15, 0.2) is 0 Å². The van der Waals surface area contributed by atoms with Gasteiger partial charge in [-0.1, -0.05) is 95.9 Å². The first-order chi connectivity index (χ1) is 15.3. The maximum absolute atomic E-state index is 11.9. The largest absolute Gasteiger partial charge is 3.00 e. The zero-order chi connectivity index (χ0) is 27.8. The Morgan fingerprint density at radius 3 is 1.54 bits per heavy atom. The van der Waals surface area contributed by atoms with E-state index in [4.69, 9.17) is 5.73 Å². The Hall–Kier alpha value is -0.426. The predicted octanol–water partition coefficient (Wildman–Crippen LogP) is 5.80. The molecule has 1 aliphatic rings. The van der Waals surface area contributed by atoms with Crippen LogP contribution >= 0.6 is 0 Å². The van der Waals surface area contributed by atoms with Crippen LogP contribution in [-0.4, -0.2) is 30.1 Å². The second kappa shape index (κ2) is 20.6. The van der Waals surface area contributed by atoms with Gasteiger partial charge >= 0.3 is 21.7 Å². The molecule has 35 heavy (non-hydrogen) atoms. The van der Waals surface area contributed by atoms with Crippen LogP contribution in [0.1, 0.15) is 134 Å². The van der Waals surface area contributed by atoms with Crippen molar-refractivity contribution in [3.05, 3.63) is 5.73 Å². The van der Waals surface area contributed by atoms with Crippen molar-refractivity contribution in [2.75, 3.05) is 0 Å². The Kier molecular flexibility index (Phi) is 24.6. The fourth-order valence-electron chi connectivity index (χ4n) is 4.64. The second-order valence-corrected chi connectivity index (χ2v) is 12.0. The molecule has 1 rings (SSSR count). The predicted molar refractivity (Wildman–Crippen MR) is 141 cm³/mol. The molecule has 0 bridgehead atoms. The Morgan fingerprint density at radius 1 is 0.914 bits per heavy atom. The minimum absolute atomic E-state index is 0. The Morgan fingerprint density at radius 2 is 1.29 bits per heavy atom. The number of amides is 2. The third-order valence-corrected chi connectivity index (χ3v) is 5.94. The summed E-state index contributed by atoms with van der Waals surface area (Å²) in [6, 6.07) is 0.362. The standard InChI is InChI=1S/C18H35NO.C4H9NO.2C3H7O.Ti/c1-8-10-15(20)19-14-11-9-12-18(13-14,16(2,3)4)17(5,6)7;1-2-3-4(5)6;2*1-3(2)4;/h14H,8-13H2,1-7H3,(H,19,20);2-3H2,1H3,(H2,5,6);2*3H,1-2H3;/q;;2*-1;+3/p-1. The molecule has 6 nitrogen and oxygen atoms in total. The Balaban J connectivity index is -0.000000263. The van der Waals surface area contributed by atoms with Crippen molar-refractivity contribution in [2.45, 2.75) is 153 Å². The summed E-state index contributed by atoms with van der Waals surface area (Å²) in [4.78, 5) is 21.6. The minimum atomic E-state index is -0.461. The van der Waals surface area contributed by atoms with Gasteiger partial charge in [0.25, 0.3) is 0 Å². The van der Waals surface area contributed by atoms with Crippen LogP contribution in [0.5, 0.6) is 0 Å². The van der Waals surface area contributed by atoms with E-state index in [-0.39, 0.29) is 38.5 Å². The number of rotatable bonds is 5. The first-order valence-electron chi connectivity index (χ1n) is 13.1. The van der Waals surface area contributed by atoms with Crippen molar-refractivity contribution in [1.29, 1.82) is 0 Å². The summed E-state index contributed by atoms with van der Waals surface area (Å²) >= 11 is 0. The van der Waals surface area contributed by atoms with Crippen molar-refractivity contribution in [1.82, 2.24) is 5.32 Å². The fraction of sp³-hybridized carbons (Fsp3) is 0.929. The molecule has 7 heteroatoms. The average molecular weight is 534 g/mol. The molecule has 0 aromatic rings. The quantitative estimate of drug-likeness (QED) is 0.450. The van der Waals surface area contributed by atoms with E-state index in [0.29, 0.717) is 24.3 Å². The van der Waals surface area contributed by atoms with Gasteiger partial charge in [-0.2, -0.15) is 0 Å². The molecule has 2 amide bonds. The second-order valence-electron chi connectivity index (χ2n) is 12.0. The van der Waals surface area contributed by atoms with Gasteiger partial charge in [-0.25, -0.2) is 0 Å². The summed E-state index contributed by atoms with van der Waals surface area (Å²) in [5, 5.41) is 22.3. The number of hydrogen-bond acceptors (Lipinski definition) is 4. The van der Waals surface area contributed by atoms with Crippen LogP contribution in [0.3, 0.4) is 0 Å².